The number of aromatic nitrogens is 1. The summed E-state index contributed by atoms with van der Waals surface area (Å²) < 4.78 is 5.21. The second-order valence-electron chi connectivity index (χ2n) is 5.98. The Balaban J connectivity index is 1.93. The van der Waals surface area contributed by atoms with E-state index < -0.39 is 11.8 Å². The van der Waals surface area contributed by atoms with Crippen molar-refractivity contribution in [3.8, 4) is 17.0 Å². The van der Waals surface area contributed by atoms with E-state index >= 15 is 0 Å². The van der Waals surface area contributed by atoms with E-state index in [1.807, 2.05) is 42.5 Å². The molecule has 0 radical (unpaired) electrons. The Labute approximate surface area is 165 Å². The summed E-state index contributed by atoms with van der Waals surface area (Å²) in [6, 6.07) is 15.5. The van der Waals surface area contributed by atoms with Gasteiger partial charge in [-0.3, -0.25) is 9.59 Å². The Morgan fingerprint density at radius 3 is 2.56 bits per heavy atom. The molecule has 1 N–H and O–H groups in total. The number of hydrogen-bond acceptors (Lipinski definition) is 5. The maximum Gasteiger partial charge on any atom is 0.306 e. The Kier molecular flexibility index (Phi) is 5.86. The highest BCUT2D eigenvalue weighted by Gasteiger charge is 2.19. The highest BCUT2D eigenvalue weighted by Crippen LogP contribution is 2.33. The first-order chi connectivity index (χ1) is 13.0. The van der Waals surface area contributed by atoms with Gasteiger partial charge in [0.05, 0.1) is 23.2 Å². The molecule has 0 aliphatic carbocycles. The molecular formula is C21H18BrNO4. The molecule has 3 rings (SSSR count). The minimum atomic E-state index is -0.449. The largest absolute Gasteiger partial charge is 0.504 e. The van der Waals surface area contributed by atoms with Crippen molar-refractivity contribution in [1.82, 2.24) is 4.98 Å². The van der Waals surface area contributed by atoms with Crippen molar-refractivity contribution in [3.63, 3.8) is 0 Å². The SMILES string of the molecule is CCOC(=O)CCC(=O)c1nc(-c2ccc3ccccc3c2)cc(Br)c1O. The number of halogens is 1. The molecule has 138 valence electrons. The van der Waals surface area contributed by atoms with Gasteiger partial charge in [-0.1, -0.05) is 36.4 Å². The number of hydrogen-bond donors (Lipinski definition) is 1. The lowest BCUT2D eigenvalue weighted by molar-refractivity contribution is -0.143. The van der Waals surface area contributed by atoms with Gasteiger partial charge in [0.1, 0.15) is 5.69 Å². The Hall–Kier alpha value is -2.73. The average Bonchev–Trinajstić information content (AvgIpc) is 2.68. The van der Waals surface area contributed by atoms with Gasteiger partial charge < -0.3 is 9.84 Å². The van der Waals surface area contributed by atoms with Gasteiger partial charge >= 0.3 is 5.97 Å². The topological polar surface area (TPSA) is 76.5 Å². The van der Waals surface area contributed by atoms with E-state index in [4.69, 9.17) is 4.74 Å². The number of ether oxygens (including phenoxy) is 1. The van der Waals surface area contributed by atoms with Gasteiger partial charge in [0.15, 0.2) is 11.5 Å². The number of nitrogens with zero attached hydrogens (tertiary/aromatic N) is 1. The lowest BCUT2D eigenvalue weighted by Gasteiger charge is -2.09. The molecule has 0 aliphatic rings. The van der Waals surface area contributed by atoms with Crippen LogP contribution in [0.4, 0.5) is 0 Å². The van der Waals surface area contributed by atoms with Gasteiger partial charge in [0.2, 0.25) is 0 Å². The number of rotatable bonds is 6. The molecule has 0 atom stereocenters. The summed E-state index contributed by atoms with van der Waals surface area (Å²) in [5.41, 5.74) is 1.33. The standard InChI is InChI=1S/C21H18BrNO4/c1-2-27-19(25)10-9-18(24)20-21(26)16(22)12-17(23-20)15-8-7-13-5-3-4-6-14(13)11-15/h3-8,11-12,26H,2,9-10H2,1H3. The molecule has 0 unspecified atom stereocenters. The van der Waals surface area contributed by atoms with Crippen LogP contribution in [-0.2, 0) is 9.53 Å². The van der Waals surface area contributed by atoms with E-state index in [0.29, 0.717) is 10.2 Å². The molecule has 0 aliphatic heterocycles. The van der Waals surface area contributed by atoms with Crippen LogP contribution < -0.4 is 0 Å². The van der Waals surface area contributed by atoms with Crippen LogP contribution in [0.2, 0.25) is 0 Å². The first-order valence-corrected chi connectivity index (χ1v) is 9.36. The highest BCUT2D eigenvalue weighted by molar-refractivity contribution is 9.10. The van der Waals surface area contributed by atoms with Crippen LogP contribution in [0.3, 0.4) is 0 Å². The fourth-order valence-corrected chi connectivity index (χ4v) is 3.17. The summed E-state index contributed by atoms with van der Waals surface area (Å²) in [5, 5.41) is 12.4. The highest BCUT2D eigenvalue weighted by atomic mass is 79.9. The number of carbonyl (C=O) groups excluding carboxylic acids is 2. The Morgan fingerprint density at radius 2 is 1.81 bits per heavy atom. The zero-order valence-electron chi connectivity index (χ0n) is 14.7. The zero-order valence-corrected chi connectivity index (χ0v) is 16.3. The minimum absolute atomic E-state index is 0.0500. The molecular weight excluding hydrogens is 410 g/mol. The van der Waals surface area contributed by atoms with Crippen molar-refractivity contribution < 1.29 is 19.4 Å². The number of pyridine rings is 1. The number of fused-ring (bicyclic) bond motifs is 1. The van der Waals surface area contributed by atoms with Crippen molar-refractivity contribution in [2.45, 2.75) is 19.8 Å². The van der Waals surface area contributed by atoms with Crippen LogP contribution in [0.25, 0.3) is 22.0 Å². The van der Waals surface area contributed by atoms with Gasteiger partial charge in [-0.2, -0.15) is 0 Å². The van der Waals surface area contributed by atoms with Crippen LogP contribution in [-0.4, -0.2) is 28.4 Å². The van der Waals surface area contributed by atoms with E-state index in [-0.39, 0.29) is 30.9 Å². The molecule has 6 heteroatoms. The maximum atomic E-state index is 12.5. The van der Waals surface area contributed by atoms with Crippen molar-refractivity contribution in [1.29, 1.82) is 0 Å². The molecule has 27 heavy (non-hydrogen) atoms. The molecule has 3 aromatic rings. The summed E-state index contributed by atoms with van der Waals surface area (Å²) in [7, 11) is 0. The van der Waals surface area contributed by atoms with Gasteiger partial charge in [-0.05, 0) is 45.8 Å². The third-order valence-corrected chi connectivity index (χ3v) is 4.72. The predicted molar refractivity (Wildman–Crippen MR) is 107 cm³/mol. The van der Waals surface area contributed by atoms with E-state index in [0.717, 1.165) is 16.3 Å². The van der Waals surface area contributed by atoms with Crippen molar-refractivity contribution >= 4 is 38.5 Å². The summed E-state index contributed by atoms with van der Waals surface area (Å²) >= 11 is 3.28. The summed E-state index contributed by atoms with van der Waals surface area (Å²) in [6.07, 6.45) is -0.126. The molecule has 0 spiro atoms. The van der Waals surface area contributed by atoms with Crippen molar-refractivity contribution in [2.24, 2.45) is 0 Å². The molecule has 2 aromatic carbocycles. The Bertz CT molecular complexity index is 1020. The van der Waals surface area contributed by atoms with Gasteiger partial charge in [-0.25, -0.2) is 4.98 Å². The van der Waals surface area contributed by atoms with E-state index in [1.54, 1.807) is 13.0 Å². The summed E-state index contributed by atoms with van der Waals surface area (Å²) in [5.74, 6) is -1.09. The van der Waals surface area contributed by atoms with Crippen LogP contribution in [0.1, 0.15) is 30.3 Å². The quantitative estimate of drug-likeness (QED) is 0.447. The van der Waals surface area contributed by atoms with Crippen molar-refractivity contribution in [3.05, 3.63) is 58.7 Å². The van der Waals surface area contributed by atoms with Crippen LogP contribution >= 0.6 is 15.9 Å². The second-order valence-corrected chi connectivity index (χ2v) is 6.83. The number of carbonyl (C=O) groups is 2. The predicted octanol–water partition coefficient (Wildman–Crippen LogP) is 4.90. The third kappa shape index (κ3) is 4.34. The van der Waals surface area contributed by atoms with E-state index in [9.17, 15) is 14.7 Å². The van der Waals surface area contributed by atoms with Crippen molar-refractivity contribution in [2.75, 3.05) is 6.61 Å². The number of esters is 1. The maximum absolute atomic E-state index is 12.5. The number of benzene rings is 2. The molecule has 0 saturated carbocycles. The zero-order chi connectivity index (χ0) is 19.4. The lowest BCUT2D eigenvalue weighted by atomic mass is 10.0. The Morgan fingerprint density at radius 1 is 1.07 bits per heavy atom. The second kappa shape index (κ2) is 8.31. The average molecular weight is 428 g/mol. The molecule has 0 fully saturated rings. The van der Waals surface area contributed by atoms with Gasteiger partial charge in [-0.15, -0.1) is 0 Å². The fraction of sp³-hybridized carbons (Fsp3) is 0.190. The molecule has 1 aromatic heterocycles. The lowest BCUT2D eigenvalue weighted by Crippen LogP contribution is -2.10. The molecule has 0 amide bonds. The minimum Gasteiger partial charge on any atom is -0.504 e. The molecule has 0 bridgehead atoms. The van der Waals surface area contributed by atoms with Gasteiger partial charge in [0.25, 0.3) is 0 Å². The first kappa shape index (κ1) is 19.0. The van der Waals surface area contributed by atoms with Crippen LogP contribution in [0, 0.1) is 0 Å². The number of Topliss-reactive ketones (excluding diaryl/α,β-unsaturated/α-hetero) is 1. The normalized spacial score (nSPS) is 10.7. The number of aromatic hydroxyl groups is 1. The first-order valence-electron chi connectivity index (χ1n) is 8.57. The summed E-state index contributed by atoms with van der Waals surface area (Å²) in [4.78, 5) is 28.3. The summed E-state index contributed by atoms with van der Waals surface area (Å²) in [6.45, 7) is 1.97. The van der Waals surface area contributed by atoms with Crippen LogP contribution in [0.15, 0.2) is 53.0 Å². The molecule has 5 nitrogen and oxygen atoms in total. The molecule has 0 saturated heterocycles. The van der Waals surface area contributed by atoms with Crippen LogP contribution in [0.5, 0.6) is 5.75 Å². The van der Waals surface area contributed by atoms with Gasteiger partial charge in [0, 0.05) is 12.0 Å². The van der Waals surface area contributed by atoms with E-state index in [1.165, 1.54) is 0 Å². The molecule has 1 heterocycles. The monoisotopic (exact) mass is 427 g/mol. The third-order valence-electron chi connectivity index (χ3n) is 4.12. The van der Waals surface area contributed by atoms with E-state index in [2.05, 4.69) is 20.9 Å². The fourth-order valence-electron chi connectivity index (χ4n) is 2.77. The smallest absolute Gasteiger partial charge is 0.306 e. The number of ketones is 1.